The van der Waals surface area contributed by atoms with Gasteiger partial charge in [-0.15, -0.1) is 0 Å². The van der Waals surface area contributed by atoms with Crippen LogP contribution in [0.25, 0.3) is 0 Å². The van der Waals surface area contributed by atoms with Gasteiger partial charge in [0.15, 0.2) is 0 Å². The summed E-state index contributed by atoms with van der Waals surface area (Å²) in [6, 6.07) is 5.38. The second-order valence-electron chi connectivity index (χ2n) is 12.5. The third kappa shape index (κ3) is 9.02. The third-order valence-electron chi connectivity index (χ3n) is 6.68. The maximum absolute atomic E-state index is 13.9. The summed E-state index contributed by atoms with van der Waals surface area (Å²) in [5.41, 5.74) is -3.88. The minimum atomic E-state index is -5.06. The number of amides is 1. The third-order valence-corrected chi connectivity index (χ3v) is 8.04. The molecule has 2 aromatic carbocycles. The molecule has 1 unspecified atom stereocenters. The van der Waals surface area contributed by atoms with Crippen LogP contribution in [0.15, 0.2) is 46.9 Å². The van der Waals surface area contributed by atoms with Crippen molar-refractivity contribution in [3.8, 4) is 0 Å². The average molecular weight is 653 g/mol. The van der Waals surface area contributed by atoms with Gasteiger partial charge in [-0.3, -0.25) is 4.90 Å². The molecule has 0 radical (unpaired) electrons. The fourth-order valence-electron chi connectivity index (χ4n) is 4.59. The fraction of sp³-hybridized carbons (Fsp3) is 0.533. The van der Waals surface area contributed by atoms with Crippen LogP contribution in [-0.4, -0.2) is 50.5 Å². The van der Waals surface area contributed by atoms with Gasteiger partial charge in [0, 0.05) is 12.1 Å². The van der Waals surface area contributed by atoms with Crippen molar-refractivity contribution in [3.05, 3.63) is 70.5 Å². The largest absolute Gasteiger partial charge is 0.444 e. The number of hydrogen-bond donors (Lipinski definition) is 0. The Labute approximate surface area is 254 Å². The van der Waals surface area contributed by atoms with Crippen molar-refractivity contribution in [3.63, 3.8) is 0 Å². The molecule has 3 rings (SSSR count). The molecule has 1 saturated heterocycles. The van der Waals surface area contributed by atoms with Crippen molar-refractivity contribution in [1.82, 2.24) is 4.90 Å². The lowest BCUT2D eigenvalue weighted by atomic mass is 9.90. The lowest BCUT2D eigenvalue weighted by Crippen LogP contribution is -2.42. The van der Waals surface area contributed by atoms with Gasteiger partial charge in [-0.2, -0.15) is 30.7 Å². The molecular formula is C30H35F7N2O4S. The Balaban J connectivity index is 2.12. The molecule has 1 amide bonds. The highest BCUT2D eigenvalue weighted by atomic mass is 32.2. The molecule has 6 nitrogen and oxygen atoms in total. The summed E-state index contributed by atoms with van der Waals surface area (Å²) in [4.78, 5) is 14.6. The van der Waals surface area contributed by atoms with Gasteiger partial charge in [0.2, 0.25) is 0 Å². The molecule has 44 heavy (non-hydrogen) atoms. The van der Waals surface area contributed by atoms with Gasteiger partial charge in [0.25, 0.3) is 0 Å². The van der Waals surface area contributed by atoms with E-state index < -0.39 is 80.9 Å². The van der Waals surface area contributed by atoms with Crippen molar-refractivity contribution in [2.24, 2.45) is 4.40 Å². The summed E-state index contributed by atoms with van der Waals surface area (Å²) in [7, 11) is -1.75. The number of rotatable bonds is 6. The van der Waals surface area contributed by atoms with Gasteiger partial charge in [0.1, 0.15) is 22.4 Å². The molecule has 1 aliphatic heterocycles. The topological polar surface area (TPSA) is 68.2 Å². The van der Waals surface area contributed by atoms with E-state index in [1.54, 1.807) is 41.5 Å². The van der Waals surface area contributed by atoms with Crippen molar-refractivity contribution in [2.45, 2.75) is 95.3 Å². The van der Waals surface area contributed by atoms with Crippen LogP contribution in [0, 0.1) is 5.82 Å². The normalized spacial score (nSPS) is 21.5. The molecule has 0 aliphatic carbocycles. The van der Waals surface area contributed by atoms with Crippen LogP contribution >= 0.6 is 0 Å². The highest BCUT2D eigenvalue weighted by Crippen LogP contribution is 2.41. The van der Waals surface area contributed by atoms with Gasteiger partial charge < -0.3 is 9.47 Å². The monoisotopic (exact) mass is 652 g/mol. The van der Waals surface area contributed by atoms with Gasteiger partial charge in [-0.1, -0.05) is 12.1 Å². The number of ether oxygens (including phenoxy) is 2. The molecule has 244 valence electrons. The Kier molecular flexibility index (Phi) is 10.3. The molecular weight excluding hydrogens is 617 g/mol. The van der Waals surface area contributed by atoms with Gasteiger partial charge >= 0.3 is 18.4 Å². The van der Waals surface area contributed by atoms with E-state index in [9.17, 15) is 39.7 Å². The fourth-order valence-corrected chi connectivity index (χ4v) is 5.14. The summed E-state index contributed by atoms with van der Waals surface area (Å²) in [5, 5.41) is 0. The molecule has 2 aromatic rings. The first-order chi connectivity index (χ1) is 20.0. The SMILES string of the molecule is C[C@@H](O[C@H]1CN(C(=O)OC(C)(C)C)[C@@H](/C=N/S(=O)C(C)(C)C)[C@@H]1c1ccc(F)cc1)c1cc(C(F)(F)F)cc(C(F)(F)F)c1. The second-order valence-corrected chi connectivity index (χ2v) is 14.4. The van der Waals surface area contributed by atoms with E-state index in [4.69, 9.17) is 9.47 Å². The quantitative estimate of drug-likeness (QED) is 0.233. The maximum Gasteiger partial charge on any atom is 0.416 e. The number of alkyl halides is 6. The highest BCUT2D eigenvalue weighted by Gasteiger charge is 2.47. The summed E-state index contributed by atoms with van der Waals surface area (Å²) in [6.45, 7) is 11.1. The summed E-state index contributed by atoms with van der Waals surface area (Å²) >= 11 is 0. The van der Waals surface area contributed by atoms with Gasteiger partial charge in [0.05, 0.1) is 40.7 Å². The smallest absolute Gasteiger partial charge is 0.416 e. The predicted octanol–water partition coefficient (Wildman–Crippen LogP) is 8.25. The standard InChI is InChI=1S/C30H35F7N2O4S/c1-17(19-12-20(29(32,33)34)14-21(13-19)30(35,36)37)42-24-16-39(26(40)43-27(2,3)4)23(15-38-44(41)28(5,6)7)25(24)18-8-10-22(31)11-9-18/h8-15,17,23-25H,16H2,1-7H3/b38-15+/t17-,23+,24+,25+,44?/m1/s1. The Morgan fingerprint density at radius 1 is 0.955 bits per heavy atom. The minimum Gasteiger partial charge on any atom is -0.444 e. The van der Waals surface area contributed by atoms with Crippen LogP contribution in [0.1, 0.15) is 82.7 Å². The summed E-state index contributed by atoms with van der Waals surface area (Å²) in [6.07, 6.45) is -12.0. The second kappa shape index (κ2) is 12.8. The van der Waals surface area contributed by atoms with E-state index in [0.717, 1.165) is 12.1 Å². The molecule has 0 aromatic heterocycles. The molecule has 1 aliphatic rings. The number of hydrogen-bond acceptors (Lipinski definition) is 4. The average Bonchev–Trinajstić information content (AvgIpc) is 3.22. The van der Waals surface area contributed by atoms with Crippen molar-refractivity contribution < 1.29 is 49.2 Å². The first kappa shape index (κ1) is 35.5. The lowest BCUT2D eigenvalue weighted by Gasteiger charge is -2.29. The van der Waals surface area contributed by atoms with Crippen molar-refractivity contribution in [2.75, 3.05) is 6.54 Å². The van der Waals surface area contributed by atoms with E-state index in [2.05, 4.69) is 4.40 Å². The van der Waals surface area contributed by atoms with Crippen molar-refractivity contribution in [1.29, 1.82) is 0 Å². The first-order valence-corrected chi connectivity index (χ1v) is 14.7. The van der Waals surface area contributed by atoms with E-state index in [0.29, 0.717) is 17.7 Å². The molecule has 1 fully saturated rings. The molecule has 5 atom stereocenters. The zero-order valence-corrected chi connectivity index (χ0v) is 26.0. The van der Waals surface area contributed by atoms with Crippen LogP contribution in [0.5, 0.6) is 0 Å². The summed E-state index contributed by atoms with van der Waals surface area (Å²) < 4.78 is 123. The minimum absolute atomic E-state index is 0.0270. The molecule has 1 heterocycles. The molecule has 0 spiro atoms. The highest BCUT2D eigenvalue weighted by molar-refractivity contribution is 7.85. The number of halogens is 7. The van der Waals surface area contributed by atoms with Gasteiger partial charge in [-0.25, -0.2) is 13.4 Å². The van der Waals surface area contributed by atoms with E-state index in [-0.39, 0.29) is 18.2 Å². The van der Waals surface area contributed by atoms with Gasteiger partial charge in [-0.05, 0) is 89.9 Å². The zero-order chi connectivity index (χ0) is 33.4. The molecule has 0 N–H and O–H groups in total. The molecule has 14 heteroatoms. The Morgan fingerprint density at radius 3 is 1.93 bits per heavy atom. The van der Waals surface area contributed by atoms with Crippen LogP contribution in [0.2, 0.25) is 0 Å². The number of likely N-dealkylation sites (tertiary alicyclic amines) is 1. The van der Waals surface area contributed by atoms with Crippen LogP contribution in [0.4, 0.5) is 35.5 Å². The van der Waals surface area contributed by atoms with Crippen LogP contribution in [-0.2, 0) is 32.8 Å². The summed E-state index contributed by atoms with van der Waals surface area (Å²) in [5.74, 6) is -1.41. The first-order valence-electron chi connectivity index (χ1n) is 13.6. The number of nitrogens with zero attached hydrogens (tertiary/aromatic N) is 2. The zero-order valence-electron chi connectivity index (χ0n) is 25.2. The lowest BCUT2D eigenvalue weighted by molar-refractivity contribution is -0.143. The van der Waals surface area contributed by atoms with Crippen LogP contribution < -0.4 is 0 Å². The van der Waals surface area contributed by atoms with Crippen LogP contribution in [0.3, 0.4) is 0 Å². The van der Waals surface area contributed by atoms with E-state index in [1.165, 1.54) is 30.2 Å². The Bertz CT molecular complexity index is 1350. The van der Waals surface area contributed by atoms with Crippen molar-refractivity contribution >= 4 is 23.3 Å². The molecule has 0 bridgehead atoms. The van der Waals surface area contributed by atoms with E-state index in [1.807, 2.05) is 0 Å². The number of carbonyl (C=O) groups excluding carboxylic acids is 1. The predicted molar refractivity (Wildman–Crippen MR) is 152 cm³/mol. The number of carbonyl (C=O) groups is 1. The Morgan fingerprint density at radius 2 is 1.48 bits per heavy atom. The molecule has 0 saturated carbocycles. The Hall–Kier alpha value is -3.00. The number of benzene rings is 2. The maximum atomic E-state index is 13.9. The van der Waals surface area contributed by atoms with E-state index >= 15 is 0 Å².